The molecule has 10 aromatic carbocycles. The highest BCUT2D eigenvalue weighted by Crippen LogP contribution is 2.64. The Kier molecular flexibility index (Phi) is 10.7. The fraction of sp³-hybridized carbons (Fsp3) is 0.325. The topological polar surface area (TPSA) is 3.24 Å². The number of hydrogen-bond donors (Lipinski definition) is 0. The second kappa shape index (κ2) is 16.9. The Morgan fingerprint density at radius 3 is 1.12 bits per heavy atom. The van der Waals surface area contributed by atoms with E-state index in [0.29, 0.717) is 0 Å². The predicted octanol–water partition coefficient (Wildman–Crippen LogP) is 22.2. The number of benzene rings is 10. The zero-order valence-corrected chi connectivity index (χ0v) is 53.2. The molecule has 0 heterocycles. The molecular formula is C83H83N. The van der Waals surface area contributed by atoms with E-state index in [9.17, 15) is 0 Å². The average Bonchev–Trinajstić information content (AvgIpc) is 1.48. The van der Waals surface area contributed by atoms with Gasteiger partial charge in [0.25, 0.3) is 0 Å². The Bertz CT molecular complexity index is 4310. The Balaban J connectivity index is 0.899. The van der Waals surface area contributed by atoms with Crippen LogP contribution in [0.1, 0.15) is 211 Å². The molecule has 0 radical (unpaired) electrons. The Hall–Kier alpha value is -7.48. The molecule has 0 saturated carbocycles. The summed E-state index contributed by atoms with van der Waals surface area (Å²) in [5.41, 5.74) is 35.5. The molecule has 84 heavy (non-hydrogen) atoms. The van der Waals surface area contributed by atoms with E-state index in [-0.39, 0.29) is 43.8 Å². The maximum atomic E-state index is 2.69. The Labute approximate surface area is 501 Å². The Morgan fingerprint density at radius 1 is 0.345 bits per heavy atom. The average molecular weight is 1090 g/mol. The largest absolute Gasteiger partial charge is 0.310 e. The quantitative estimate of drug-likeness (QED) is 0.154. The lowest BCUT2D eigenvalue weighted by Crippen LogP contribution is -2.26. The Morgan fingerprint density at radius 2 is 0.702 bits per heavy atom. The normalized spacial score (nSPS) is 17.1. The summed E-state index contributed by atoms with van der Waals surface area (Å²) >= 11 is 0. The van der Waals surface area contributed by atoms with E-state index in [4.69, 9.17) is 0 Å². The first kappa shape index (κ1) is 53.3. The third-order valence-electron chi connectivity index (χ3n) is 22.2. The third-order valence-corrected chi connectivity index (χ3v) is 22.2. The van der Waals surface area contributed by atoms with Gasteiger partial charge in [0.05, 0.1) is 0 Å². The van der Waals surface area contributed by atoms with Crippen LogP contribution in [-0.2, 0) is 44.3 Å². The van der Waals surface area contributed by atoms with Gasteiger partial charge in [0.15, 0.2) is 0 Å². The van der Waals surface area contributed by atoms with Crippen molar-refractivity contribution in [1.29, 1.82) is 0 Å². The summed E-state index contributed by atoms with van der Waals surface area (Å²) in [6.07, 6.45) is 0.881. The van der Waals surface area contributed by atoms with Gasteiger partial charge in [-0.25, -0.2) is 0 Å². The van der Waals surface area contributed by atoms with Crippen LogP contribution >= 0.6 is 0 Å². The molecule has 0 fully saturated rings. The molecule has 0 atom stereocenters. The molecule has 0 N–H and O–H groups in total. The fourth-order valence-electron chi connectivity index (χ4n) is 17.0. The lowest BCUT2D eigenvalue weighted by molar-refractivity contribution is 0.590. The van der Waals surface area contributed by atoms with Crippen LogP contribution in [0.3, 0.4) is 0 Å². The van der Waals surface area contributed by atoms with Crippen LogP contribution in [0.4, 0.5) is 17.1 Å². The van der Waals surface area contributed by atoms with Crippen molar-refractivity contribution < 1.29 is 0 Å². The molecule has 0 amide bonds. The lowest BCUT2D eigenvalue weighted by atomic mass is 9.66. The van der Waals surface area contributed by atoms with Crippen LogP contribution in [0, 0.1) is 13.8 Å². The minimum atomic E-state index is -0.243. The minimum Gasteiger partial charge on any atom is -0.310 e. The van der Waals surface area contributed by atoms with Crippen LogP contribution in [0.25, 0.3) is 54.9 Å². The second-order valence-corrected chi connectivity index (χ2v) is 31.1. The molecule has 0 bridgehead atoms. The van der Waals surface area contributed by atoms with Gasteiger partial charge in [0.1, 0.15) is 0 Å². The summed E-state index contributed by atoms with van der Waals surface area (Å²) in [6.45, 7) is 43.4. The van der Waals surface area contributed by atoms with E-state index in [1.807, 2.05) is 0 Å². The highest BCUT2D eigenvalue weighted by Gasteiger charge is 2.49. The summed E-state index contributed by atoms with van der Waals surface area (Å²) in [4.78, 5) is 2.47. The van der Waals surface area contributed by atoms with Crippen molar-refractivity contribution in [3.05, 3.63) is 252 Å². The molecule has 0 saturated heterocycles. The summed E-state index contributed by atoms with van der Waals surface area (Å²) in [5.74, 6) is 0.0796. The van der Waals surface area contributed by atoms with E-state index >= 15 is 0 Å². The van der Waals surface area contributed by atoms with Crippen molar-refractivity contribution in [2.45, 2.75) is 175 Å². The molecule has 0 unspecified atom stereocenters. The van der Waals surface area contributed by atoms with E-state index in [0.717, 1.165) is 6.42 Å². The smallest absolute Gasteiger partial charge is 0.0465 e. The molecule has 15 rings (SSSR count). The maximum Gasteiger partial charge on any atom is 0.0465 e. The van der Waals surface area contributed by atoms with Gasteiger partial charge in [-0.1, -0.05) is 232 Å². The fourth-order valence-corrected chi connectivity index (χ4v) is 17.0. The number of aryl methyl sites for hydroxylation is 2. The standard InChI is InChI=1S/C83H83N/c1-46-37-65-75-71-56(46)21-19-23-61(71)79(9,10)67-41-49(43-69(73(67)75)82(65,15)16)60(50-42-68-74-70(44-50)83(17,18)66-38-47(2)57-22-20-24-62(80(68,11)12)72(57)76(66)74)39-48-25-35-58-59-36-34-55(45-64(59)81(13,14)63(58)40-48)84(53-30-26-51(27-31-53)77(3,4)5)54-32-28-52(29-33-54)78(6,7)8/h19-38,40-45,60H,39H2,1-18H3. The first-order valence-corrected chi connectivity index (χ1v) is 31.3. The zero-order chi connectivity index (χ0) is 59.1. The first-order chi connectivity index (χ1) is 39.5. The van der Waals surface area contributed by atoms with Crippen molar-refractivity contribution >= 4 is 38.6 Å². The zero-order valence-electron chi connectivity index (χ0n) is 53.2. The van der Waals surface area contributed by atoms with Gasteiger partial charge in [-0.15, -0.1) is 0 Å². The minimum absolute atomic E-state index is 0.0632. The van der Waals surface area contributed by atoms with E-state index < -0.39 is 0 Å². The van der Waals surface area contributed by atoms with Gasteiger partial charge in [-0.2, -0.15) is 0 Å². The summed E-state index contributed by atoms with van der Waals surface area (Å²) in [5, 5.41) is 5.74. The molecule has 0 aliphatic heterocycles. The van der Waals surface area contributed by atoms with Gasteiger partial charge in [0.2, 0.25) is 0 Å². The van der Waals surface area contributed by atoms with E-state index in [1.165, 1.54) is 167 Å². The monoisotopic (exact) mass is 1090 g/mol. The van der Waals surface area contributed by atoms with E-state index in [1.54, 1.807) is 0 Å². The van der Waals surface area contributed by atoms with Gasteiger partial charge in [-0.05, 0) is 217 Å². The van der Waals surface area contributed by atoms with Crippen molar-refractivity contribution in [3.63, 3.8) is 0 Å². The van der Waals surface area contributed by atoms with Crippen molar-refractivity contribution in [1.82, 2.24) is 0 Å². The highest BCUT2D eigenvalue weighted by atomic mass is 15.1. The molecule has 10 aromatic rings. The van der Waals surface area contributed by atoms with Gasteiger partial charge in [-0.3, -0.25) is 0 Å². The summed E-state index contributed by atoms with van der Waals surface area (Å²) < 4.78 is 0. The van der Waals surface area contributed by atoms with E-state index in [2.05, 4.69) is 287 Å². The molecule has 1 nitrogen and oxygen atoms in total. The first-order valence-electron chi connectivity index (χ1n) is 31.3. The molecule has 1 heteroatoms. The van der Waals surface area contributed by atoms with Crippen molar-refractivity contribution in [2.24, 2.45) is 0 Å². The molecule has 0 aromatic heterocycles. The van der Waals surface area contributed by atoms with Gasteiger partial charge < -0.3 is 4.90 Å². The number of fused-ring (bicyclic) bond motifs is 3. The molecule has 420 valence electrons. The van der Waals surface area contributed by atoms with Crippen LogP contribution in [0.5, 0.6) is 0 Å². The molecule has 5 aliphatic rings. The summed E-state index contributed by atoms with van der Waals surface area (Å²) in [7, 11) is 0. The second-order valence-electron chi connectivity index (χ2n) is 31.1. The SMILES string of the molecule is Cc1cc2c3c4c(cccc14)C(C)(C)c1cc(C(Cc4ccc5c(c4)C(C)(C)c4cc(N(c6ccc(C(C)(C)C)cc6)c6ccc(C(C)(C)C)cc6)ccc4-5)c4cc5c6c(c4)C(C)(C)c4cccc7c(C)cc(c-6c47)C5(C)C)cc(c1-3)C2(C)C. The maximum absolute atomic E-state index is 2.69. The third kappa shape index (κ3) is 7.08. The van der Waals surface area contributed by atoms with Crippen LogP contribution < -0.4 is 4.90 Å². The summed E-state index contributed by atoms with van der Waals surface area (Å²) in [6, 6.07) is 63.4. The number of anilines is 3. The van der Waals surface area contributed by atoms with Gasteiger partial charge in [0, 0.05) is 50.1 Å². The number of hydrogen-bond acceptors (Lipinski definition) is 1. The van der Waals surface area contributed by atoms with Crippen molar-refractivity contribution in [3.8, 4) is 33.4 Å². The van der Waals surface area contributed by atoms with Crippen LogP contribution in [0.2, 0.25) is 0 Å². The molecular weight excluding hydrogens is 1010 g/mol. The lowest BCUT2D eigenvalue weighted by Gasteiger charge is -2.37. The predicted molar refractivity (Wildman–Crippen MR) is 358 cm³/mol. The highest BCUT2D eigenvalue weighted by molar-refractivity contribution is 6.11. The van der Waals surface area contributed by atoms with Gasteiger partial charge >= 0.3 is 0 Å². The van der Waals surface area contributed by atoms with Crippen LogP contribution in [-0.4, -0.2) is 0 Å². The number of rotatable bonds is 7. The van der Waals surface area contributed by atoms with Crippen LogP contribution in [0.15, 0.2) is 158 Å². The molecule has 5 aliphatic carbocycles. The van der Waals surface area contributed by atoms with Crippen molar-refractivity contribution in [2.75, 3.05) is 4.90 Å². The molecule has 0 spiro atoms. The number of nitrogens with zero attached hydrogens (tertiary/aromatic N) is 1.